The molecule has 0 radical (unpaired) electrons. The van der Waals surface area contributed by atoms with E-state index in [4.69, 9.17) is 9.72 Å². The maximum Gasteiger partial charge on any atom is 0.258 e. The highest BCUT2D eigenvalue weighted by Crippen LogP contribution is 2.41. The van der Waals surface area contributed by atoms with Gasteiger partial charge in [0.25, 0.3) is 11.8 Å². The molecule has 2 aliphatic heterocycles. The molecule has 1 aliphatic carbocycles. The van der Waals surface area contributed by atoms with Crippen LogP contribution in [0, 0.1) is 23.7 Å². The number of aliphatic hydroxyl groups is 1. The van der Waals surface area contributed by atoms with Crippen molar-refractivity contribution < 1.29 is 33.4 Å². The number of nitrogens with one attached hydrogen (secondary N) is 4. The van der Waals surface area contributed by atoms with Gasteiger partial charge in [-0.3, -0.25) is 24.2 Å². The topological polar surface area (TPSA) is 245 Å². The van der Waals surface area contributed by atoms with Gasteiger partial charge >= 0.3 is 0 Å². The number of nitrogens with zero attached hydrogens (tertiary/aromatic N) is 9. The summed E-state index contributed by atoms with van der Waals surface area (Å²) in [7, 11) is 1.83. The van der Waals surface area contributed by atoms with E-state index in [2.05, 4.69) is 52.5 Å². The summed E-state index contributed by atoms with van der Waals surface area (Å²) >= 11 is 2.93. The molecule has 2 saturated heterocycles. The number of carbonyl (C=O) groups excluding carboxylic acids is 4. The van der Waals surface area contributed by atoms with Crippen LogP contribution in [0.4, 0.5) is 15.2 Å². The molecule has 3 fully saturated rings. The van der Waals surface area contributed by atoms with Crippen molar-refractivity contribution in [2.24, 2.45) is 5.41 Å². The number of benzene rings is 1. The van der Waals surface area contributed by atoms with Gasteiger partial charge in [-0.2, -0.15) is 10.4 Å². The van der Waals surface area contributed by atoms with Crippen molar-refractivity contribution in [2.45, 2.75) is 96.2 Å². The van der Waals surface area contributed by atoms with Crippen LogP contribution in [-0.2, 0) is 25.7 Å². The third-order valence-corrected chi connectivity index (χ3v) is 15.1. The van der Waals surface area contributed by atoms with Gasteiger partial charge in [0.2, 0.25) is 16.9 Å². The Morgan fingerprint density at radius 3 is 2.55 bits per heavy atom. The Morgan fingerprint density at radius 2 is 1.85 bits per heavy atom. The minimum absolute atomic E-state index is 0.0191. The number of ether oxygens (including phenoxy) is 1. The fraction of sp³-hybridized carbons (Fsp3) is 0.429. The van der Waals surface area contributed by atoms with Crippen LogP contribution in [0.1, 0.15) is 69.7 Å². The number of pyridine rings is 1. The number of halogens is 1. The summed E-state index contributed by atoms with van der Waals surface area (Å²) in [5.74, 6) is -1.88. The summed E-state index contributed by atoms with van der Waals surface area (Å²) in [5, 5.41) is 46.7. The van der Waals surface area contributed by atoms with E-state index in [1.807, 2.05) is 44.3 Å². The molecule has 22 heteroatoms. The van der Waals surface area contributed by atoms with E-state index >= 15 is 0 Å². The molecule has 0 bridgehead atoms. The smallest absolute Gasteiger partial charge is 0.258 e. The number of aromatic nitrogens is 6. The third-order valence-electron chi connectivity index (χ3n) is 13.1. The second kappa shape index (κ2) is 20.0. The average molecular weight is 1000 g/mol. The van der Waals surface area contributed by atoms with Gasteiger partial charge in [0, 0.05) is 63.1 Å². The molecule has 3 atom stereocenters. The molecule has 0 spiro atoms. The molecule has 19 nitrogen and oxygen atoms in total. The van der Waals surface area contributed by atoms with Gasteiger partial charge in [-0.05, 0) is 73.9 Å². The van der Waals surface area contributed by atoms with Crippen molar-refractivity contribution in [3.8, 4) is 44.2 Å². The standard InChI is InChI=1S/C49H54FN13O6S2/c1-27-41(70-26-55-27)29-6-7-30(22-54-43(66)38-18-33(64)24-62(38)45(67)42(48(2,3)4)58-46(68)49(50)12-13-49)39(17-29)69-25-40(65)57-31-10-14-61(15-11-31)47-60-59-44(71-47)34-23-53-36(19-35(34)52-5)37-9-8-32-16-28(20-51)21-56-63(32)37/h6-9,16-17,19,21,23,26,31,33,38,42,64H,10-15,18,22,24-25H2,1-5H3,(H,52,53)(H,54,66)(H,57,65)(H,58,68)/t33-,38+,42?/m1/s1. The van der Waals surface area contributed by atoms with Crippen LogP contribution in [0.25, 0.3) is 37.9 Å². The van der Waals surface area contributed by atoms with Crippen molar-refractivity contribution in [3.05, 3.63) is 77.2 Å². The van der Waals surface area contributed by atoms with E-state index in [1.165, 1.54) is 33.8 Å². The molecule has 5 aromatic heterocycles. The quantitative estimate of drug-likeness (QED) is 0.0906. The van der Waals surface area contributed by atoms with Gasteiger partial charge in [0.05, 0.1) is 56.4 Å². The average Bonchev–Trinajstić information content (AvgIpc) is 3.84. The van der Waals surface area contributed by atoms with Gasteiger partial charge in [-0.1, -0.05) is 44.2 Å². The summed E-state index contributed by atoms with van der Waals surface area (Å²) in [4.78, 5) is 67.5. The second-order valence-electron chi connectivity index (χ2n) is 19.2. The van der Waals surface area contributed by atoms with Crippen LogP contribution >= 0.6 is 22.7 Å². The van der Waals surface area contributed by atoms with E-state index in [9.17, 15) is 33.9 Å². The zero-order valence-electron chi connectivity index (χ0n) is 39.9. The number of alkyl halides is 1. The van der Waals surface area contributed by atoms with Gasteiger partial charge in [-0.15, -0.1) is 21.5 Å². The second-order valence-corrected chi connectivity index (χ2v) is 21.0. The first kappa shape index (κ1) is 48.9. The zero-order chi connectivity index (χ0) is 50.2. The monoisotopic (exact) mass is 1000 g/mol. The number of amides is 4. The van der Waals surface area contributed by atoms with Crippen molar-refractivity contribution in [1.29, 1.82) is 5.26 Å². The number of anilines is 2. The van der Waals surface area contributed by atoms with Crippen molar-refractivity contribution >= 4 is 62.6 Å². The maximum absolute atomic E-state index is 14.7. The van der Waals surface area contributed by atoms with E-state index in [-0.39, 0.29) is 50.9 Å². The van der Waals surface area contributed by atoms with Gasteiger partial charge < -0.3 is 40.9 Å². The summed E-state index contributed by atoms with van der Waals surface area (Å²) < 4.78 is 22.6. The van der Waals surface area contributed by atoms with Gasteiger partial charge in [0.15, 0.2) is 17.3 Å². The van der Waals surface area contributed by atoms with E-state index in [0.29, 0.717) is 53.5 Å². The highest BCUT2D eigenvalue weighted by Gasteiger charge is 2.53. The van der Waals surface area contributed by atoms with Gasteiger partial charge in [0.1, 0.15) is 23.9 Å². The lowest BCUT2D eigenvalue weighted by Crippen LogP contribution is -2.59. The first-order chi connectivity index (χ1) is 34.0. The number of aryl methyl sites for hydroxylation is 1. The minimum Gasteiger partial charge on any atom is -0.483 e. The van der Waals surface area contributed by atoms with E-state index in [1.54, 1.807) is 49.1 Å². The van der Waals surface area contributed by atoms with Crippen LogP contribution in [0.2, 0.25) is 0 Å². The zero-order valence-corrected chi connectivity index (χ0v) is 41.5. The Kier molecular flexibility index (Phi) is 13.8. The number of piperidine rings is 1. The Bertz CT molecular complexity index is 3040. The van der Waals surface area contributed by atoms with Crippen LogP contribution in [0.15, 0.2) is 60.4 Å². The summed E-state index contributed by atoms with van der Waals surface area (Å²) in [6.07, 6.45) is 3.79. The molecule has 370 valence electrons. The molecule has 4 amide bonds. The van der Waals surface area contributed by atoms with Crippen LogP contribution in [0.3, 0.4) is 0 Å². The lowest BCUT2D eigenvalue weighted by Gasteiger charge is -2.35. The molecule has 5 N–H and O–H groups in total. The van der Waals surface area contributed by atoms with Crippen LogP contribution < -0.4 is 30.9 Å². The SMILES string of the molecule is CNc1cc(-c2ccc3cc(C#N)cnn23)ncc1-c1nnc(N2CCC(NC(=O)COc3cc(-c4scnc4C)ccc3CNC(=O)[C@@H]3C[C@@H](O)CN3C(=O)C(NC(=O)C3(F)CC3)C(C)(C)C)CC2)s1. The molecule has 6 aromatic rings. The lowest BCUT2D eigenvalue weighted by atomic mass is 9.85. The van der Waals surface area contributed by atoms with Crippen molar-refractivity contribution in [3.63, 3.8) is 0 Å². The predicted octanol–water partition coefficient (Wildman–Crippen LogP) is 5.04. The third kappa shape index (κ3) is 10.5. The fourth-order valence-corrected chi connectivity index (χ4v) is 10.6. The van der Waals surface area contributed by atoms with Crippen LogP contribution in [0.5, 0.6) is 5.75 Å². The maximum atomic E-state index is 14.7. The molecule has 71 heavy (non-hydrogen) atoms. The number of β-amino-alcohol motifs (C(OH)–C–C–N with tert-alkyl or cyclic N) is 1. The van der Waals surface area contributed by atoms with Crippen molar-refractivity contribution in [1.82, 2.24) is 50.6 Å². The number of likely N-dealkylation sites (tertiary alicyclic amines) is 1. The summed E-state index contributed by atoms with van der Waals surface area (Å²) in [5.41, 5.74) is 5.53. The van der Waals surface area contributed by atoms with Crippen LogP contribution in [-0.4, -0.2) is 127 Å². The first-order valence-corrected chi connectivity index (χ1v) is 25.1. The summed E-state index contributed by atoms with van der Waals surface area (Å²) in [6.45, 7) is 7.99. The van der Waals surface area contributed by atoms with E-state index in [0.717, 1.165) is 43.7 Å². The normalized spacial score (nSPS) is 18.2. The minimum atomic E-state index is -2.00. The molecular formula is C49H54FN13O6S2. The molecule has 1 unspecified atom stereocenters. The van der Waals surface area contributed by atoms with Crippen molar-refractivity contribution in [2.75, 3.05) is 43.5 Å². The molecule has 9 rings (SSSR count). The molecule has 1 aromatic carbocycles. The number of aliphatic hydroxyl groups excluding tert-OH is 1. The highest BCUT2D eigenvalue weighted by molar-refractivity contribution is 7.18. The number of hydrogen-bond acceptors (Lipinski definition) is 16. The number of fused-ring (bicyclic) bond motifs is 1. The number of carbonyl (C=O) groups is 4. The Balaban J connectivity index is 0.811. The number of rotatable bonds is 15. The number of thiazole rings is 1. The number of hydrogen-bond donors (Lipinski definition) is 5. The lowest BCUT2D eigenvalue weighted by molar-refractivity contribution is -0.145. The fourth-order valence-electron chi connectivity index (χ4n) is 8.88. The summed E-state index contributed by atoms with van der Waals surface area (Å²) in [6, 6.07) is 12.9. The van der Waals surface area contributed by atoms with Gasteiger partial charge in [-0.25, -0.2) is 13.9 Å². The molecule has 7 heterocycles. The highest BCUT2D eigenvalue weighted by atomic mass is 32.1. The Morgan fingerprint density at radius 1 is 1.06 bits per heavy atom. The number of nitriles is 1. The predicted molar refractivity (Wildman–Crippen MR) is 265 cm³/mol. The first-order valence-electron chi connectivity index (χ1n) is 23.4. The molecular weight excluding hydrogens is 950 g/mol. The molecule has 1 saturated carbocycles. The Labute approximate surface area is 416 Å². The van der Waals surface area contributed by atoms with E-state index < -0.39 is 47.0 Å². The molecule has 3 aliphatic rings. The Hall–Kier alpha value is -7.09. The largest absolute Gasteiger partial charge is 0.483 e.